The van der Waals surface area contributed by atoms with E-state index in [0.717, 1.165) is 10.6 Å². The molecule has 3 aliphatic rings. The lowest BCUT2D eigenvalue weighted by Crippen LogP contribution is -2.55. The second-order valence-electron chi connectivity index (χ2n) is 12.4. The number of pyridine rings is 1. The molecule has 1 aromatic carbocycles. The molecule has 2 aliphatic heterocycles. The number of imide groups is 1. The monoisotopic (exact) mass is 679 g/mol. The van der Waals surface area contributed by atoms with Gasteiger partial charge in [-0.2, -0.15) is 0 Å². The number of carbonyl (C=O) groups excluding carboxylic acids is 4. The molecule has 0 unspecified atom stereocenters. The van der Waals surface area contributed by atoms with E-state index in [1.165, 1.54) is 23.3 Å². The zero-order valence-electron chi connectivity index (χ0n) is 26.3. The zero-order chi connectivity index (χ0) is 33.5. The highest BCUT2D eigenvalue weighted by atomic mass is 35.5. The van der Waals surface area contributed by atoms with Crippen LogP contribution in [0.15, 0.2) is 35.7 Å². The third-order valence-corrected chi connectivity index (χ3v) is 10.2. The fraction of sp³-hybridized carbons (Fsp3) is 0.455. The maximum atomic E-state index is 13.9. The number of rotatable bonds is 6. The van der Waals surface area contributed by atoms with Gasteiger partial charge in [-0.3, -0.25) is 14.5 Å². The fourth-order valence-electron chi connectivity index (χ4n) is 6.13. The van der Waals surface area contributed by atoms with Crippen LogP contribution in [0, 0.1) is 5.92 Å². The van der Waals surface area contributed by atoms with Gasteiger partial charge in [0, 0.05) is 35.7 Å². The van der Waals surface area contributed by atoms with Gasteiger partial charge in [0.25, 0.3) is 5.91 Å². The predicted octanol–water partition coefficient (Wildman–Crippen LogP) is 5.19. The van der Waals surface area contributed by atoms with Crippen LogP contribution in [0.5, 0.6) is 11.5 Å². The first-order valence-corrected chi connectivity index (χ1v) is 16.9. The third kappa shape index (κ3) is 6.38. The van der Waals surface area contributed by atoms with Gasteiger partial charge in [0.1, 0.15) is 44.9 Å². The molecule has 47 heavy (non-hydrogen) atoms. The Morgan fingerprint density at radius 3 is 2.74 bits per heavy atom. The number of methoxy groups -OCH3 is 1. The Morgan fingerprint density at radius 2 is 2.04 bits per heavy atom. The van der Waals surface area contributed by atoms with E-state index in [4.69, 9.17) is 36.8 Å². The number of halogens is 1. The van der Waals surface area contributed by atoms with E-state index in [-0.39, 0.29) is 31.3 Å². The summed E-state index contributed by atoms with van der Waals surface area (Å²) in [6, 6.07) is 2.71. The molecule has 1 saturated carbocycles. The van der Waals surface area contributed by atoms with Crippen molar-refractivity contribution in [1.82, 2.24) is 25.1 Å². The number of hydrogen-bond donors (Lipinski definition) is 2. The van der Waals surface area contributed by atoms with Crippen molar-refractivity contribution in [1.29, 1.82) is 0 Å². The number of fused-ring (bicyclic) bond motifs is 3. The molecule has 14 heteroatoms. The number of nitrogens with one attached hydrogen (secondary N) is 1. The molecule has 1 radical (unpaired) electrons. The highest BCUT2D eigenvalue weighted by molar-refractivity contribution is 7.13. The van der Waals surface area contributed by atoms with Crippen LogP contribution in [-0.4, -0.2) is 81.9 Å². The second kappa shape index (κ2) is 13.1. The number of amides is 5. The fourth-order valence-corrected chi connectivity index (χ4v) is 7.36. The molecule has 247 valence electrons. The van der Waals surface area contributed by atoms with Gasteiger partial charge in [-0.05, 0) is 43.7 Å². The van der Waals surface area contributed by atoms with Crippen molar-refractivity contribution in [3.05, 3.63) is 46.4 Å². The Labute approximate surface area is 281 Å². The smallest absolute Gasteiger partial charge is 0.321 e. The van der Waals surface area contributed by atoms with Gasteiger partial charge >= 0.3 is 12.1 Å². The van der Waals surface area contributed by atoms with Crippen LogP contribution < -0.4 is 20.5 Å². The molecular formula is C33H36ClN6O6S. The van der Waals surface area contributed by atoms with E-state index in [1.54, 1.807) is 18.2 Å². The van der Waals surface area contributed by atoms with Gasteiger partial charge < -0.3 is 25.4 Å². The second-order valence-corrected chi connectivity index (χ2v) is 13.7. The Hall–Kier alpha value is -4.23. The summed E-state index contributed by atoms with van der Waals surface area (Å²) in [6.07, 6.45) is 7.65. The number of thiazole rings is 1. The van der Waals surface area contributed by atoms with Gasteiger partial charge in [0.05, 0.1) is 24.9 Å². The summed E-state index contributed by atoms with van der Waals surface area (Å²) in [7, 11) is 1.52. The molecule has 4 heterocycles. The van der Waals surface area contributed by atoms with Crippen LogP contribution >= 0.6 is 22.9 Å². The van der Waals surface area contributed by atoms with Gasteiger partial charge in [0.2, 0.25) is 6.29 Å². The first-order chi connectivity index (χ1) is 22.5. The maximum Gasteiger partial charge on any atom is 0.321 e. The van der Waals surface area contributed by atoms with Crippen LogP contribution in [0.1, 0.15) is 57.6 Å². The summed E-state index contributed by atoms with van der Waals surface area (Å²) in [4.78, 5) is 63.9. The number of nitrogens with two attached hydrogens (primary N) is 1. The van der Waals surface area contributed by atoms with Crippen molar-refractivity contribution >= 4 is 58.1 Å². The minimum absolute atomic E-state index is 0.00205. The summed E-state index contributed by atoms with van der Waals surface area (Å²) in [5, 5.41) is 6.37. The summed E-state index contributed by atoms with van der Waals surface area (Å²) < 4.78 is 12.0. The van der Waals surface area contributed by atoms with Crippen molar-refractivity contribution < 1.29 is 28.7 Å². The summed E-state index contributed by atoms with van der Waals surface area (Å²) in [6.45, 7) is 4.25. The molecule has 3 N–H and O–H groups in total. The molecule has 12 nitrogen and oxygen atoms in total. The van der Waals surface area contributed by atoms with Crippen LogP contribution in [0.3, 0.4) is 0 Å². The predicted molar refractivity (Wildman–Crippen MR) is 177 cm³/mol. The van der Waals surface area contributed by atoms with Gasteiger partial charge in [-0.1, -0.05) is 37.6 Å². The highest BCUT2D eigenvalue weighted by Gasteiger charge is 2.56. The standard InChI is InChI=1S/C33H36ClN6O6S/c1-18(2)23-16-47-29(37-23)22-13-26(21-9-10-25(45-3)27(34)28(21)36-22)46-20-12-24-30(42)39(31(35)43)11-7-5-4-6-8-19-14-33(19,17-41)38-32(44)40(24)15-20/h6,8-10,13,16,18-20,24H,4-5,7,11-12,14-15H2,1-3H3,(H2,35,43)(H,38,44)/b8-6-/t19-,20+,24+,33+/m1/s1. The molecule has 6 rings (SSSR count). The molecule has 1 saturated heterocycles. The molecule has 0 spiro atoms. The first kappa shape index (κ1) is 32.7. The van der Waals surface area contributed by atoms with Crippen molar-refractivity contribution in [3.8, 4) is 22.2 Å². The Bertz CT molecular complexity index is 1760. The highest BCUT2D eigenvalue weighted by Crippen LogP contribution is 2.44. The van der Waals surface area contributed by atoms with E-state index in [1.807, 2.05) is 23.8 Å². The molecule has 2 fully saturated rings. The largest absolute Gasteiger partial charge is 0.495 e. The molecule has 4 atom stereocenters. The molecule has 1 aliphatic carbocycles. The molecule has 3 aromatic rings. The van der Waals surface area contributed by atoms with E-state index in [2.05, 4.69) is 19.2 Å². The van der Waals surface area contributed by atoms with E-state index in [0.29, 0.717) is 63.8 Å². The van der Waals surface area contributed by atoms with Gasteiger partial charge in [0.15, 0.2) is 0 Å². The van der Waals surface area contributed by atoms with Crippen molar-refractivity contribution in [3.63, 3.8) is 0 Å². The summed E-state index contributed by atoms with van der Waals surface area (Å²) in [5.74, 6) is 0.317. The van der Waals surface area contributed by atoms with Gasteiger partial charge in [-0.25, -0.2) is 19.6 Å². The molecule has 0 bridgehead atoms. The van der Waals surface area contributed by atoms with Crippen molar-refractivity contribution in [2.75, 3.05) is 20.2 Å². The number of hydrogen-bond acceptors (Lipinski definition) is 9. The lowest BCUT2D eigenvalue weighted by molar-refractivity contribution is -0.132. The van der Waals surface area contributed by atoms with Crippen LogP contribution in [0.2, 0.25) is 5.02 Å². The number of aromatic nitrogens is 2. The average molecular weight is 680 g/mol. The number of urea groups is 2. The molecule has 5 amide bonds. The topological polar surface area (TPSA) is 157 Å². The summed E-state index contributed by atoms with van der Waals surface area (Å²) >= 11 is 8.19. The van der Waals surface area contributed by atoms with E-state index >= 15 is 0 Å². The third-order valence-electron chi connectivity index (χ3n) is 8.93. The number of ether oxygens (including phenoxy) is 2. The van der Waals surface area contributed by atoms with Crippen molar-refractivity contribution in [2.24, 2.45) is 11.7 Å². The Balaban J connectivity index is 1.36. The normalized spacial score (nSPS) is 25.5. The van der Waals surface area contributed by atoms with E-state index in [9.17, 15) is 19.2 Å². The SMILES string of the molecule is COc1ccc2c(O[C@H]3C[C@H]4C(=O)N(C(N)=O)CCCC/C=C\[C@@H]5C[C@@]5([C]=O)NC(=O)N4C3)cc(-c3nc(C(C)C)cs3)nc2c1Cl. The lowest BCUT2D eigenvalue weighted by atomic mass is 10.1. The minimum atomic E-state index is -1.16. The molecular weight excluding hydrogens is 644 g/mol. The number of allylic oxidation sites excluding steroid dienone is 1. The number of carbonyl (C=O) groups is 3. The number of benzene rings is 1. The maximum absolute atomic E-state index is 13.9. The quantitative estimate of drug-likeness (QED) is 0.337. The summed E-state index contributed by atoms with van der Waals surface area (Å²) in [5.41, 5.74) is 6.40. The van der Waals surface area contributed by atoms with Crippen LogP contribution in [0.4, 0.5) is 9.59 Å². The average Bonchev–Trinajstić information content (AvgIpc) is 3.35. The van der Waals surface area contributed by atoms with E-state index < -0.39 is 35.7 Å². The Morgan fingerprint density at radius 1 is 1.23 bits per heavy atom. The zero-order valence-corrected chi connectivity index (χ0v) is 27.9. The molecule has 2 aromatic heterocycles. The van der Waals surface area contributed by atoms with Crippen LogP contribution in [0.25, 0.3) is 21.6 Å². The van der Waals surface area contributed by atoms with Crippen LogP contribution in [-0.2, 0) is 9.59 Å². The minimum Gasteiger partial charge on any atom is -0.495 e. The van der Waals surface area contributed by atoms with Crippen molar-refractivity contribution in [2.45, 2.75) is 69.6 Å². The number of primary amides is 1. The number of nitrogens with zero attached hydrogens (tertiary/aromatic N) is 4. The Kier molecular flexibility index (Phi) is 9.12. The van der Waals surface area contributed by atoms with Gasteiger partial charge in [-0.15, -0.1) is 11.3 Å². The first-order valence-electron chi connectivity index (χ1n) is 15.6. The lowest BCUT2D eigenvalue weighted by Gasteiger charge is -2.29.